The van der Waals surface area contributed by atoms with Crippen molar-refractivity contribution in [2.24, 2.45) is 5.92 Å². The second-order valence-electron chi connectivity index (χ2n) is 6.75. The maximum Gasteiger partial charge on any atom is 0.325 e. The lowest BCUT2D eigenvalue weighted by molar-refractivity contribution is -0.141. The molecule has 5 nitrogen and oxygen atoms in total. The lowest BCUT2D eigenvalue weighted by Gasteiger charge is -2.15. The number of esters is 1. The van der Waals surface area contributed by atoms with E-state index in [1.807, 2.05) is 48.5 Å². The zero-order valence-corrected chi connectivity index (χ0v) is 15.5. The monoisotopic (exact) mass is 367 g/mol. The topological polar surface area (TPSA) is 67.9 Å². The maximum absolute atomic E-state index is 12.7. The van der Waals surface area contributed by atoms with Crippen LogP contribution in [0.5, 0.6) is 0 Å². The average molecular weight is 367 g/mol. The molecule has 1 heterocycles. The van der Waals surface area contributed by atoms with Gasteiger partial charge in [0, 0.05) is 0 Å². The Morgan fingerprint density at radius 3 is 2.30 bits per heavy atom. The predicted octanol–water partition coefficient (Wildman–Crippen LogP) is 2.53. The van der Waals surface area contributed by atoms with Gasteiger partial charge in [0.1, 0.15) is 6.54 Å². The van der Waals surface area contributed by atoms with Crippen LogP contribution in [-0.2, 0) is 31.9 Å². The van der Waals surface area contributed by atoms with Crippen LogP contribution in [0.4, 0.5) is 0 Å². The first-order valence-corrected chi connectivity index (χ1v) is 9.25. The molecule has 0 radical (unpaired) electrons. The van der Waals surface area contributed by atoms with E-state index in [9.17, 15) is 9.59 Å². The summed E-state index contributed by atoms with van der Waals surface area (Å²) in [5.74, 6) is -0.951. The number of benzene rings is 2. The number of rotatable bonds is 9. The highest BCUT2D eigenvalue weighted by molar-refractivity contribution is 5.84. The van der Waals surface area contributed by atoms with Crippen LogP contribution in [0.1, 0.15) is 17.5 Å². The Labute approximate surface area is 159 Å². The summed E-state index contributed by atoms with van der Waals surface area (Å²) in [5.41, 5.74) is 2.34. The van der Waals surface area contributed by atoms with Crippen LogP contribution in [0.2, 0.25) is 0 Å². The number of epoxide rings is 1. The highest BCUT2D eigenvalue weighted by Crippen LogP contribution is 2.35. The van der Waals surface area contributed by atoms with E-state index in [1.54, 1.807) is 0 Å². The second-order valence-corrected chi connectivity index (χ2v) is 6.75. The van der Waals surface area contributed by atoms with Crippen molar-refractivity contribution in [3.05, 3.63) is 71.8 Å². The van der Waals surface area contributed by atoms with E-state index in [0.29, 0.717) is 6.42 Å². The third kappa shape index (κ3) is 5.66. The van der Waals surface area contributed by atoms with Gasteiger partial charge in [-0.05, 0) is 30.4 Å². The molecule has 0 unspecified atom stereocenters. The summed E-state index contributed by atoms with van der Waals surface area (Å²) in [6.45, 7) is -0.123. The van der Waals surface area contributed by atoms with Gasteiger partial charge < -0.3 is 14.8 Å². The number of carbonyl (C=O) groups excluding carboxylic acids is 2. The molecule has 1 aliphatic heterocycles. The van der Waals surface area contributed by atoms with Crippen molar-refractivity contribution in [1.82, 2.24) is 5.32 Å². The highest BCUT2D eigenvalue weighted by atomic mass is 16.6. The van der Waals surface area contributed by atoms with Crippen LogP contribution >= 0.6 is 0 Å². The summed E-state index contributed by atoms with van der Waals surface area (Å²) in [7, 11) is 1.31. The molecule has 142 valence electrons. The quantitative estimate of drug-likeness (QED) is 0.546. The normalized spacial score (nSPS) is 19.1. The van der Waals surface area contributed by atoms with Crippen molar-refractivity contribution in [3.63, 3.8) is 0 Å². The predicted molar refractivity (Wildman–Crippen MR) is 102 cm³/mol. The fraction of sp³-hybridized carbons (Fsp3) is 0.364. The molecule has 0 bridgehead atoms. The lowest BCUT2D eigenvalue weighted by atomic mass is 9.92. The number of nitrogens with one attached hydrogen (secondary N) is 1. The summed E-state index contributed by atoms with van der Waals surface area (Å²) in [5, 5.41) is 2.68. The molecule has 2 aromatic rings. The van der Waals surface area contributed by atoms with E-state index in [-0.39, 0.29) is 30.6 Å². The molecule has 2 aromatic carbocycles. The molecule has 5 heteroatoms. The fourth-order valence-corrected chi connectivity index (χ4v) is 3.28. The maximum atomic E-state index is 12.7. The van der Waals surface area contributed by atoms with Gasteiger partial charge in [0.2, 0.25) is 5.91 Å². The van der Waals surface area contributed by atoms with Crippen molar-refractivity contribution in [1.29, 1.82) is 0 Å². The van der Waals surface area contributed by atoms with E-state index in [0.717, 1.165) is 18.4 Å². The Balaban J connectivity index is 1.59. The molecule has 1 N–H and O–H groups in total. The second kappa shape index (κ2) is 9.33. The molecular formula is C22H25NO4. The molecular weight excluding hydrogens is 342 g/mol. The number of ether oxygens (including phenoxy) is 2. The zero-order chi connectivity index (χ0) is 19.1. The Morgan fingerprint density at radius 2 is 1.67 bits per heavy atom. The summed E-state index contributed by atoms with van der Waals surface area (Å²) in [6, 6.07) is 20.1. The number of hydrogen-bond donors (Lipinski definition) is 1. The van der Waals surface area contributed by atoms with Crippen LogP contribution in [0.3, 0.4) is 0 Å². The smallest absolute Gasteiger partial charge is 0.325 e. The van der Waals surface area contributed by atoms with Gasteiger partial charge >= 0.3 is 5.97 Å². The van der Waals surface area contributed by atoms with E-state index in [2.05, 4.69) is 22.2 Å². The van der Waals surface area contributed by atoms with E-state index in [1.165, 1.54) is 12.7 Å². The molecule has 1 amide bonds. The van der Waals surface area contributed by atoms with Crippen LogP contribution in [0.25, 0.3) is 0 Å². The van der Waals surface area contributed by atoms with Crippen molar-refractivity contribution < 1.29 is 19.1 Å². The minimum atomic E-state index is -0.459. The minimum absolute atomic E-state index is 0.0720. The molecule has 1 aliphatic rings. The number of aryl methyl sites for hydroxylation is 1. The molecule has 3 rings (SSSR count). The van der Waals surface area contributed by atoms with Crippen LogP contribution in [0.15, 0.2) is 60.7 Å². The third-order valence-electron chi connectivity index (χ3n) is 4.85. The first-order chi connectivity index (χ1) is 13.2. The molecule has 1 saturated heterocycles. The largest absolute Gasteiger partial charge is 0.468 e. The first-order valence-electron chi connectivity index (χ1n) is 9.25. The number of hydrogen-bond acceptors (Lipinski definition) is 4. The van der Waals surface area contributed by atoms with Gasteiger partial charge in [0.25, 0.3) is 0 Å². The number of methoxy groups -OCH3 is 1. The van der Waals surface area contributed by atoms with Gasteiger partial charge in [-0.3, -0.25) is 9.59 Å². The molecule has 27 heavy (non-hydrogen) atoms. The first kappa shape index (κ1) is 19.1. The van der Waals surface area contributed by atoms with Crippen LogP contribution < -0.4 is 5.32 Å². The van der Waals surface area contributed by atoms with Crippen LogP contribution in [-0.4, -0.2) is 37.7 Å². The summed E-state index contributed by atoms with van der Waals surface area (Å²) >= 11 is 0. The zero-order valence-electron chi connectivity index (χ0n) is 15.5. The Hall–Kier alpha value is -2.66. The third-order valence-corrected chi connectivity index (χ3v) is 4.85. The van der Waals surface area contributed by atoms with Crippen molar-refractivity contribution in [2.45, 2.75) is 31.5 Å². The van der Waals surface area contributed by atoms with Gasteiger partial charge in [0.05, 0.1) is 25.2 Å². The average Bonchev–Trinajstić information content (AvgIpc) is 3.49. The van der Waals surface area contributed by atoms with Gasteiger partial charge in [-0.15, -0.1) is 0 Å². The van der Waals surface area contributed by atoms with E-state index in [4.69, 9.17) is 4.74 Å². The molecule has 0 saturated carbocycles. The van der Waals surface area contributed by atoms with Gasteiger partial charge in [0.15, 0.2) is 0 Å². The fourth-order valence-electron chi connectivity index (χ4n) is 3.28. The van der Waals surface area contributed by atoms with Crippen molar-refractivity contribution in [3.8, 4) is 0 Å². The van der Waals surface area contributed by atoms with Gasteiger partial charge in [-0.1, -0.05) is 60.7 Å². The molecule has 3 atom stereocenters. The summed E-state index contributed by atoms with van der Waals surface area (Å²) in [4.78, 5) is 24.0. The molecule has 0 aromatic heterocycles. The molecule has 1 fully saturated rings. The SMILES string of the molecule is COC(=O)CNC(=O)[C@H](Cc1ccccc1)[C@H]1O[C@H]1CCc1ccccc1. The lowest BCUT2D eigenvalue weighted by Crippen LogP contribution is -2.38. The Bertz CT molecular complexity index is 747. The number of carbonyl (C=O) groups is 2. The van der Waals surface area contributed by atoms with E-state index < -0.39 is 5.97 Å². The highest BCUT2D eigenvalue weighted by Gasteiger charge is 2.47. The summed E-state index contributed by atoms with van der Waals surface area (Å²) < 4.78 is 10.4. The van der Waals surface area contributed by atoms with Gasteiger partial charge in [-0.25, -0.2) is 0 Å². The Kier molecular flexibility index (Phi) is 6.60. The van der Waals surface area contributed by atoms with E-state index >= 15 is 0 Å². The summed E-state index contributed by atoms with van der Waals surface area (Å²) in [6.07, 6.45) is 2.34. The Morgan fingerprint density at radius 1 is 1.04 bits per heavy atom. The molecule has 0 aliphatic carbocycles. The van der Waals surface area contributed by atoms with Gasteiger partial charge in [-0.2, -0.15) is 0 Å². The van der Waals surface area contributed by atoms with Crippen molar-refractivity contribution >= 4 is 11.9 Å². The standard InChI is InChI=1S/C22H25NO4/c1-26-20(24)15-23-22(25)18(14-17-10-6-3-7-11-17)21-19(27-21)13-12-16-8-4-2-5-9-16/h2-11,18-19,21H,12-15H2,1H3,(H,23,25)/t18-,19+,21-/m1/s1. The molecule has 0 spiro atoms. The van der Waals surface area contributed by atoms with Crippen molar-refractivity contribution in [2.75, 3.05) is 13.7 Å². The minimum Gasteiger partial charge on any atom is -0.468 e. The van der Waals surface area contributed by atoms with Crippen LogP contribution in [0, 0.1) is 5.92 Å². The number of amides is 1.